The van der Waals surface area contributed by atoms with Crippen LogP contribution in [-0.4, -0.2) is 76.6 Å². The number of hydrogen-bond acceptors (Lipinski definition) is 5. The first kappa shape index (κ1) is 20.1. The monoisotopic (exact) mass is 354 g/mol. The molecule has 2 heterocycles. The van der Waals surface area contributed by atoms with Gasteiger partial charge in [0.15, 0.2) is 0 Å². The van der Waals surface area contributed by atoms with Gasteiger partial charge in [-0.15, -0.1) is 0 Å². The Bertz CT molecular complexity index is 483. The Labute approximate surface area is 150 Å². The molecule has 0 aromatic heterocycles. The van der Waals surface area contributed by atoms with Crippen LogP contribution in [0.15, 0.2) is 0 Å². The first-order valence-corrected chi connectivity index (χ1v) is 9.39. The highest BCUT2D eigenvalue weighted by atomic mass is 16.3. The van der Waals surface area contributed by atoms with Gasteiger partial charge in [0.25, 0.3) is 0 Å². The third-order valence-electron chi connectivity index (χ3n) is 5.27. The zero-order valence-electron chi connectivity index (χ0n) is 15.9. The van der Waals surface area contributed by atoms with E-state index in [0.717, 1.165) is 32.4 Å². The summed E-state index contributed by atoms with van der Waals surface area (Å²) in [5.74, 6) is -0.0266. The highest BCUT2D eigenvalue weighted by molar-refractivity contribution is 5.85. The van der Waals surface area contributed by atoms with E-state index in [4.69, 9.17) is 5.73 Å². The summed E-state index contributed by atoms with van der Waals surface area (Å²) in [7, 11) is 0. The summed E-state index contributed by atoms with van der Waals surface area (Å²) < 4.78 is 0. The highest BCUT2D eigenvalue weighted by Gasteiger charge is 2.36. The zero-order valence-corrected chi connectivity index (χ0v) is 15.9. The zero-order chi connectivity index (χ0) is 18.7. The van der Waals surface area contributed by atoms with Crippen molar-refractivity contribution in [2.45, 2.75) is 70.1 Å². The largest absolute Gasteiger partial charge is 0.388 e. The van der Waals surface area contributed by atoms with Crippen LogP contribution in [-0.2, 0) is 9.59 Å². The molecule has 7 nitrogen and oxygen atoms in total. The van der Waals surface area contributed by atoms with Crippen molar-refractivity contribution in [2.75, 3.05) is 32.7 Å². The molecule has 2 aliphatic rings. The van der Waals surface area contributed by atoms with Gasteiger partial charge in [-0.25, -0.2) is 0 Å². The quantitative estimate of drug-likeness (QED) is 0.663. The number of carbonyl (C=O) groups excluding carboxylic acids is 2. The van der Waals surface area contributed by atoms with Crippen LogP contribution in [0.2, 0.25) is 0 Å². The summed E-state index contributed by atoms with van der Waals surface area (Å²) >= 11 is 0. The molecule has 144 valence electrons. The fourth-order valence-electron chi connectivity index (χ4n) is 3.89. The van der Waals surface area contributed by atoms with Gasteiger partial charge >= 0.3 is 0 Å². The molecule has 1 atom stereocenters. The minimum absolute atomic E-state index is 0.0217. The molecule has 0 saturated carbocycles. The summed E-state index contributed by atoms with van der Waals surface area (Å²) in [6.45, 7) is 8.61. The number of β-amino-alcohol motifs (C(OH)–C–C–N with tert-alkyl or cyclic N) is 1. The summed E-state index contributed by atoms with van der Waals surface area (Å²) in [6, 6.07) is 0.248. The van der Waals surface area contributed by atoms with Gasteiger partial charge in [-0.3, -0.25) is 9.59 Å². The van der Waals surface area contributed by atoms with E-state index < -0.39 is 11.1 Å². The first-order chi connectivity index (χ1) is 11.6. The van der Waals surface area contributed by atoms with E-state index in [2.05, 4.69) is 10.2 Å². The lowest BCUT2D eigenvalue weighted by Gasteiger charge is -2.38. The molecule has 7 heteroatoms. The molecule has 0 bridgehead atoms. The lowest BCUT2D eigenvalue weighted by Crippen LogP contribution is -2.52. The SMILES string of the molecule is CC(=O)NC1CCN(C[C@@]2(O)CCCN(C(=O)C(C)(C)N)CC2)CC1. The van der Waals surface area contributed by atoms with Crippen LogP contribution in [0.1, 0.15) is 52.9 Å². The van der Waals surface area contributed by atoms with Crippen molar-refractivity contribution in [1.29, 1.82) is 0 Å². The number of likely N-dealkylation sites (tertiary alicyclic amines) is 2. The molecule has 0 radical (unpaired) electrons. The number of rotatable bonds is 4. The number of aliphatic hydroxyl groups is 1. The Morgan fingerprint density at radius 2 is 1.84 bits per heavy atom. The summed E-state index contributed by atoms with van der Waals surface area (Å²) in [6.07, 6.45) is 3.91. The molecule has 2 aliphatic heterocycles. The predicted octanol–water partition coefficient (Wildman–Crippen LogP) is 0.0678. The van der Waals surface area contributed by atoms with Gasteiger partial charge < -0.3 is 26.0 Å². The van der Waals surface area contributed by atoms with Gasteiger partial charge in [-0.2, -0.15) is 0 Å². The molecule has 4 N–H and O–H groups in total. The van der Waals surface area contributed by atoms with Gasteiger partial charge in [0, 0.05) is 45.7 Å². The third-order valence-corrected chi connectivity index (χ3v) is 5.27. The van der Waals surface area contributed by atoms with Gasteiger partial charge in [-0.05, 0) is 46.0 Å². The van der Waals surface area contributed by atoms with E-state index >= 15 is 0 Å². The Morgan fingerprint density at radius 1 is 1.20 bits per heavy atom. The van der Waals surface area contributed by atoms with Crippen LogP contribution in [0.4, 0.5) is 0 Å². The predicted molar refractivity (Wildman–Crippen MR) is 96.9 cm³/mol. The van der Waals surface area contributed by atoms with Gasteiger partial charge in [-0.1, -0.05) is 0 Å². The molecule has 0 unspecified atom stereocenters. The first-order valence-electron chi connectivity index (χ1n) is 9.39. The Balaban J connectivity index is 1.84. The Morgan fingerprint density at radius 3 is 2.40 bits per heavy atom. The van der Waals surface area contributed by atoms with E-state index in [1.165, 1.54) is 0 Å². The third kappa shape index (κ3) is 5.94. The van der Waals surface area contributed by atoms with Crippen molar-refractivity contribution in [3.05, 3.63) is 0 Å². The average Bonchev–Trinajstić information content (AvgIpc) is 2.69. The second-order valence-electron chi connectivity index (χ2n) is 8.34. The topological polar surface area (TPSA) is 98.9 Å². The van der Waals surface area contributed by atoms with Crippen LogP contribution in [0.5, 0.6) is 0 Å². The summed E-state index contributed by atoms with van der Waals surface area (Å²) in [5.41, 5.74) is 4.31. The molecule has 2 saturated heterocycles. The van der Waals surface area contributed by atoms with E-state index in [9.17, 15) is 14.7 Å². The van der Waals surface area contributed by atoms with Gasteiger partial charge in [0.2, 0.25) is 11.8 Å². The van der Waals surface area contributed by atoms with Crippen molar-refractivity contribution in [2.24, 2.45) is 5.73 Å². The lowest BCUT2D eigenvalue weighted by molar-refractivity contribution is -0.136. The van der Waals surface area contributed by atoms with E-state index in [-0.39, 0.29) is 17.9 Å². The summed E-state index contributed by atoms with van der Waals surface area (Å²) in [5, 5.41) is 14.0. The van der Waals surface area contributed by atoms with E-state index in [0.29, 0.717) is 32.5 Å². The maximum absolute atomic E-state index is 12.4. The normalized spacial score (nSPS) is 27.0. The van der Waals surface area contributed by atoms with Crippen molar-refractivity contribution < 1.29 is 14.7 Å². The highest BCUT2D eigenvalue weighted by Crippen LogP contribution is 2.26. The lowest BCUT2D eigenvalue weighted by atomic mass is 9.93. The molecule has 2 amide bonds. The van der Waals surface area contributed by atoms with E-state index in [1.54, 1.807) is 25.7 Å². The smallest absolute Gasteiger partial charge is 0.242 e. The van der Waals surface area contributed by atoms with Crippen LogP contribution >= 0.6 is 0 Å². The molecule has 25 heavy (non-hydrogen) atoms. The molecule has 0 aromatic carbocycles. The fraction of sp³-hybridized carbons (Fsp3) is 0.889. The maximum Gasteiger partial charge on any atom is 0.242 e. The molecular weight excluding hydrogens is 320 g/mol. The number of amides is 2. The van der Waals surface area contributed by atoms with Crippen molar-refractivity contribution >= 4 is 11.8 Å². The van der Waals surface area contributed by atoms with E-state index in [1.807, 2.05) is 0 Å². The van der Waals surface area contributed by atoms with Gasteiger partial charge in [0.05, 0.1) is 11.1 Å². The van der Waals surface area contributed by atoms with Crippen LogP contribution in [0, 0.1) is 0 Å². The standard InChI is InChI=1S/C18H34N4O3/c1-14(23)20-15-5-10-21(11-6-15)13-18(25)7-4-9-22(12-8-18)16(24)17(2,3)19/h15,25H,4-13,19H2,1-3H3,(H,20,23)/t18-/m1/s1. The van der Waals surface area contributed by atoms with Crippen LogP contribution in [0.25, 0.3) is 0 Å². The molecular formula is C18H34N4O3. The number of piperidine rings is 1. The minimum atomic E-state index is -0.867. The van der Waals surface area contributed by atoms with Crippen molar-refractivity contribution in [1.82, 2.24) is 15.1 Å². The number of nitrogens with two attached hydrogens (primary N) is 1. The fourth-order valence-corrected chi connectivity index (χ4v) is 3.89. The van der Waals surface area contributed by atoms with Crippen LogP contribution in [0.3, 0.4) is 0 Å². The number of carbonyl (C=O) groups is 2. The second-order valence-corrected chi connectivity index (χ2v) is 8.34. The van der Waals surface area contributed by atoms with Crippen molar-refractivity contribution in [3.63, 3.8) is 0 Å². The van der Waals surface area contributed by atoms with Gasteiger partial charge in [0.1, 0.15) is 0 Å². The number of nitrogens with zero attached hydrogens (tertiary/aromatic N) is 2. The molecule has 0 aromatic rings. The number of hydrogen-bond donors (Lipinski definition) is 3. The average molecular weight is 354 g/mol. The second kappa shape index (κ2) is 8.01. The number of nitrogens with one attached hydrogen (secondary N) is 1. The molecule has 2 rings (SSSR count). The molecule has 0 aliphatic carbocycles. The van der Waals surface area contributed by atoms with Crippen LogP contribution < -0.4 is 11.1 Å². The van der Waals surface area contributed by atoms with Crippen molar-refractivity contribution in [3.8, 4) is 0 Å². The molecule has 2 fully saturated rings. The minimum Gasteiger partial charge on any atom is -0.388 e. The summed E-state index contributed by atoms with van der Waals surface area (Å²) in [4.78, 5) is 27.6. The Hall–Kier alpha value is -1.18. The maximum atomic E-state index is 12.4. The Kier molecular flexibility index (Phi) is 6.45. The molecule has 0 spiro atoms.